The van der Waals surface area contributed by atoms with Gasteiger partial charge in [-0.25, -0.2) is 0 Å². The molecule has 0 aromatic carbocycles. The number of nitrogens with one attached hydrogen (secondary N) is 1. The molecule has 102 valence electrons. The van der Waals surface area contributed by atoms with Gasteiger partial charge in [0.1, 0.15) is 0 Å². The molecule has 5 aliphatic rings. The van der Waals surface area contributed by atoms with Crippen LogP contribution in [0.4, 0.5) is 0 Å². The Bertz CT molecular complexity index is 273. The number of ether oxygens (including phenoxy) is 1. The van der Waals surface area contributed by atoms with Crippen molar-refractivity contribution in [3.05, 3.63) is 0 Å². The summed E-state index contributed by atoms with van der Waals surface area (Å²) >= 11 is 0. The fourth-order valence-electron chi connectivity index (χ4n) is 5.64. The zero-order valence-corrected chi connectivity index (χ0v) is 11.5. The van der Waals surface area contributed by atoms with E-state index in [-0.39, 0.29) is 0 Å². The molecule has 4 aliphatic carbocycles. The predicted molar refractivity (Wildman–Crippen MR) is 72.4 cm³/mol. The normalized spacial score (nSPS) is 47.7. The lowest BCUT2D eigenvalue weighted by molar-refractivity contribution is -0.0245. The Morgan fingerprint density at radius 3 is 2.00 bits per heavy atom. The lowest BCUT2D eigenvalue weighted by Crippen LogP contribution is -2.59. The van der Waals surface area contributed by atoms with Crippen molar-refractivity contribution in [2.24, 2.45) is 23.7 Å². The van der Waals surface area contributed by atoms with Crippen LogP contribution in [0.15, 0.2) is 0 Å². The molecule has 2 heteroatoms. The standard InChI is InChI=1S/C16H27NO/c1-3-18-4-2-12(1)11-17-16-8-13-5-14(9-16)7-15(6-13)10-16/h12-15,17H,1-11H2. The molecule has 2 nitrogen and oxygen atoms in total. The van der Waals surface area contributed by atoms with E-state index in [1.807, 2.05) is 0 Å². The Labute approximate surface area is 111 Å². The maximum absolute atomic E-state index is 5.47. The van der Waals surface area contributed by atoms with Crippen molar-refractivity contribution in [2.45, 2.75) is 56.9 Å². The first-order valence-electron chi connectivity index (χ1n) is 8.14. The smallest absolute Gasteiger partial charge is 0.0469 e. The Kier molecular flexibility index (Phi) is 2.92. The van der Waals surface area contributed by atoms with E-state index in [9.17, 15) is 0 Å². The van der Waals surface area contributed by atoms with Gasteiger partial charge in [0.15, 0.2) is 0 Å². The minimum Gasteiger partial charge on any atom is -0.381 e. The molecule has 18 heavy (non-hydrogen) atoms. The second kappa shape index (κ2) is 4.49. The first-order valence-corrected chi connectivity index (χ1v) is 8.14. The third-order valence-corrected chi connectivity index (χ3v) is 6.14. The minimum atomic E-state index is 0.563. The zero-order chi connectivity index (χ0) is 12.0. The summed E-state index contributed by atoms with van der Waals surface area (Å²) in [6.07, 6.45) is 11.7. The van der Waals surface area contributed by atoms with E-state index in [4.69, 9.17) is 4.74 Å². The molecule has 1 heterocycles. The molecule has 1 saturated heterocycles. The minimum absolute atomic E-state index is 0.563. The molecule has 0 aromatic rings. The van der Waals surface area contributed by atoms with Gasteiger partial charge in [-0.3, -0.25) is 0 Å². The predicted octanol–water partition coefficient (Wildman–Crippen LogP) is 2.97. The van der Waals surface area contributed by atoms with Crippen LogP contribution in [-0.4, -0.2) is 25.3 Å². The van der Waals surface area contributed by atoms with Gasteiger partial charge in [-0.15, -0.1) is 0 Å². The van der Waals surface area contributed by atoms with E-state index >= 15 is 0 Å². The lowest BCUT2D eigenvalue weighted by atomic mass is 9.53. The van der Waals surface area contributed by atoms with Crippen LogP contribution in [0.1, 0.15) is 51.4 Å². The summed E-state index contributed by atoms with van der Waals surface area (Å²) in [4.78, 5) is 0. The third kappa shape index (κ3) is 2.12. The van der Waals surface area contributed by atoms with Crippen molar-refractivity contribution in [3.8, 4) is 0 Å². The Morgan fingerprint density at radius 1 is 0.889 bits per heavy atom. The van der Waals surface area contributed by atoms with Gasteiger partial charge >= 0.3 is 0 Å². The van der Waals surface area contributed by atoms with Crippen molar-refractivity contribution in [2.75, 3.05) is 19.8 Å². The average molecular weight is 249 g/mol. The molecule has 0 amide bonds. The van der Waals surface area contributed by atoms with Crippen molar-refractivity contribution >= 4 is 0 Å². The molecule has 5 fully saturated rings. The molecule has 1 N–H and O–H groups in total. The lowest BCUT2D eigenvalue weighted by Gasteiger charge is -2.57. The van der Waals surface area contributed by atoms with Crippen LogP contribution in [0.3, 0.4) is 0 Å². The van der Waals surface area contributed by atoms with Crippen molar-refractivity contribution in [1.82, 2.24) is 5.32 Å². The first-order chi connectivity index (χ1) is 8.81. The number of hydrogen-bond donors (Lipinski definition) is 1. The van der Waals surface area contributed by atoms with E-state index in [0.717, 1.165) is 36.9 Å². The average Bonchev–Trinajstić information content (AvgIpc) is 2.36. The maximum atomic E-state index is 5.47. The second-order valence-electron chi connectivity index (χ2n) is 7.63. The van der Waals surface area contributed by atoms with Gasteiger partial charge in [-0.05, 0) is 81.6 Å². The van der Waals surface area contributed by atoms with Crippen molar-refractivity contribution in [1.29, 1.82) is 0 Å². The zero-order valence-electron chi connectivity index (χ0n) is 11.5. The highest BCUT2D eigenvalue weighted by Crippen LogP contribution is 2.55. The summed E-state index contributed by atoms with van der Waals surface area (Å²) in [5.74, 6) is 4.09. The molecule has 0 radical (unpaired) electrons. The van der Waals surface area contributed by atoms with Crippen molar-refractivity contribution < 1.29 is 4.74 Å². The van der Waals surface area contributed by atoms with Gasteiger partial charge in [0, 0.05) is 18.8 Å². The largest absolute Gasteiger partial charge is 0.381 e. The summed E-state index contributed by atoms with van der Waals surface area (Å²) in [6.45, 7) is 3.25. The second-order valence-corrected chi connectivity index (χ2v) is 7.63. The summed E-state index contributed by atoms with van der Waals surface area (Å²) < 4.78 is 5.47. The summed E-state index contributed by atoms with van der Waals surface area (Å²) in [6, 6.07) is 0. The van der Waals surface area contributed by atoms with Gasteiger partial charge < -0.3 is 10.1 Å². The molecule has 0 aromatic heterocycles. The van der Waals surface area contributed by atoms with Gasteiger partial charge in [0.05, 0.1) is 0 Å². The fourth-order valence-corrected chi connectivity index (χ4v) is 5.64. The van der Waals surface area contributed by atoms with Gasteiger partial charge in [0.25, 0.3) is 0 Å². The van der Waals surface area contributed by atoms with Gasteiger partial charge in [-0.1, -0.05) is 0 Å². The Balaban J connectivity index is 1.38. The molecule has 4 bridgehead atoms. The molecule has 5 rings (SSSR count). The Hall–Kier alpha value is -0.0800. The SMILES string of the molecule is C1CC(CNC23CC4CC(CC(C4)C2)C3)CCO1. The van der Waals surface area contributed by atoms with E-state index in [0.29, 0.717) is 5.54 Å². The van der Waals surface area contributed by atoms with Crippen LogP contribution in [-0.2, 0) is 4.74 Å². The highest BCUT2D eigenvalue weighted by molar-refractivity contribution is 5.06. The van der Waals surface area contributed by atoms with Crippen molar-refractivity contribution in [3.63, 3.8) is 0 Å². The number of hydrogen-bond acceptors (Lipinski definition) is 2. The molecular weight excluding hydrogens is 222 g/mol. The van der Waals surface area contributed by atoms with Crippen LogP contribution in [0.25, 0.3) is 0 Å². The summed E-state index contributed by atoms with van der Waals surface area (Å²) in [5, 5.41) is 4.04. The fraction of sp³-hybridized carbons (Fsp3) is 1.00. The first kappa shape index (κ1) is 11.7. The molecule has 0 unspecified atom stereocenters. The van der Waals surface area contributed by atoms with E-state index in [1.165, 1.54) is 38.6 Å². The highest BCUT2D eigenvalue weighted by atomic mass is 16.5. The van der Waals surface area contributed by atoms with Crippen LogP contribution < -0.4 is 5.32 Å². The van der Waals surface area contributed by atoms with Gasteiger partial charge in [-0.2, -0.15) is 0 Å². The monoisotopic (exact) mass is 249 g/mol. The van der Waals surface area contributed by atoms with E-state index < -0.39 is 0 Å². The molecule has 0 atom stereocenters. The maximum Gasteiger partial charge on any atom is 0.0469 e. The molecule has 0 spiro atoms. The Morgan fingerprint density at radius 2 is 1.44 bits per heavy atom. The molecular formula is C16H27NO. The highest BCUT2D eigenvalue weighted by Gasteiger charge is 2.50. The summed E-state index contributed by atoms with van der Waals surface area (Å²) in [7, 11) is 0. The quantitative estimate of drug-likeness (QED) is 0.830. The molecule has 1 aliphatic heterocycles. The van der Waals surface area contributed by atoms with Crippen LogP contribution >= 0.6 is 0 Å². The van der Waals surface area contributed by atoms with E-state index in [1.54, 1.807) is 19.3 Å². The number of rotatable bonds is 3. The van der Waals surface area contributed by atoms with Crippen LogP contribution in [0.2, 0.25) is 0 Å². The van der Waals surface area contributed by atoms with Gasteiger partial charge in [0.2, 0.25) is 0 Å². The third-order valence-electron chi connectivity index (χ3n) is 6.14. The van der Waals surface area contributed by atoms with E-state index in [2.05, 4.69) is 5.32 Å². The molecule has 4 saturated carbocycles. The summed E-state index contributed by atoms with van der Waals surface area (Å²) in [5.41, 5.74) is 0.563. The topological polar surface area (TPSA) is 21.3 Å². The van der Waals surface area contributed by atoms with Crippen LogP contribution in [0.5, 0.6) is 0 Å². The van der Waals surface area contributed by atoms with Crippen LogP contribution in [0, 0.1) is 23.7 Å².